The molecule has 0 aromatic carbocycles. The van der Waals surface area contributed by atoms with Crippen LogP contribution in [0.5, 0.6) is 0 Å². The number of hydrogen-bond donors (Lipinski definition) is 3. The van der Waals surface area contributed by atoms with Crippen LogP contribution in [0.25, 0.3) is 0 Å². The van der Waals surface area contributed by atoms with Gasteiger partial charge < -0.3 is 34.3 Å². The third-order valence-electron chi connectivity index (χ3n) is 2.53. The average molecular weight is 320 g/mol. The van der Waals surface area contributed by atoms with Crippen LogP contribution in [0.15, 0.2) is 25.3 Å². The van der Waals surface area contributed by atoms with Crippen molar-refractivity contribution < 1.29 is 34.3 Å². The zero-order valence-electron chi connectivity index (χ0n) is 12.9. The van der Waals surface area contributed by atoms with Crippen LogP contribution in [0.3, 0.4) is 0 Å². The summed E-state index contributed by atoms with van der Waals surface area (Å²) in [5.41, 5.74) is 0. The van der Waals surface area contributed by atoms with Crippen molar-refractivity contribution in [1.29, 1.82) is 0 Å². The van der Waals surface area contributed by atoms with E-state index in [-0.39, 0.29) is 39.6 Å². The summed E-state index contributed by atoms with van der Waals surface area (Å²) < 4.78 is 21.0. The molecule has 0 aliphatic heterocycles. The fraction of sp³-hybridized carbons (Fsp3) is 0.733. The van der Waals surface area contributed by atoms with Gasteiger partial charge in [0.2, 0.25) is 0 Å². The van der Waals surface area contributed by atoms with Gasteiger partial charge in [0.05, 0.1) is 52.9 Å². The highest BCUT2D eigenvalue weighted by Crippen LogP contribution is 2.00. The van der Waals surface area contributed by atoms with Crippen LogP contribution in [0.4, 0.5) is 0 Å². The Morgan fingerprint density at radius 2 is 1.27 bits per heavy atom. The Labute approximate surface area is 131 Å². The van der Waals surface area contributed by atoms with Crippen molar-refractivity contribution in [3.05, 3.63) is 25.3 Å². The molecule has 0 bridgehead atoms. The van der Waals surface area contributed by atoms with Crippen molar-refractivity contribution in [3.63, 3.8) is 0 Å². The molecule has 0 saturated heterocycles. The minimum Gasteiger partial charge on any atom is -0.394 e. The first-order valence-electron chi connectivity index (χ1n) is 7.18. The Morgan fingerprint density at radius 3 is 1.82 bits per heavy atom. The third kappa shape index (κ3) is 11.8. The van der Waals surface area contributed by atoms with Crippen molar-refractivity contribution in [1.82, 2.24) is 0 Å². The Morgan fingerprint density at radius 1 is 0.773 bits per heavy atom. The van der Waals surface area contributed by atoms with E-state index in [9.17, 15) is 10.2 Å². The maximum Gasteiger partial charge on any atom is 0.104 e. The first kappa shape index (κ1) is 21.2. The number of ether oxygens (including phenoxy) is 4. The molecule has 7 nitrogen and oxygen atoms in total. The fourth-order valence-corrected chi connectivity index (χ4v) is 1.42. The summed E-state index contributed by atoms with van der Waals surface area (Å²) in [5.74, 6) is 0. The van der Waals surface area contributed by atoms with Crippen LogP contribution in [0, 0.1) is 0 Å². The van der Waals surface area contributed by atoms with E-state index >= 15 is 0 Å². The van der Waals surface area contributed by atoms with Gasteiger partial charge in [0, 0.05) is 0 Å². The highest BCUT2D eigenvalue weighted by molar-refractivity contribution is 4.67. The van der Waals surface area contributed by atoms with Crippen LogP contribution >= 0.6 is 0 Å². The first-order valence-corrected chi connectivity index (χ1v) is 7.18. The van der Waals surface area contributed by atoms with Gasteiger partial charge in [0.25, 0.3) is 0 Å². The molecule has 130 valence electrons. The molecule has 7 heteroatoms. The SMILES string of the molecule is C=CCOCC(O)COC(CO)COC(CO)COCC=C. The van der Waals surface area contributed by atoms with Crippen molar-refractivity contribution in [2.45, 2.75) is 18.3 Å². The minimum atomic E-state index is -0.793. The van der Waals surface area contributed by atoms with Gasteiger partial charge in [-0.15, -0.1) is 13.2 Å². The van der Waals surface area contributed by atoms with Gasteiger partial charge in [-0.25, -0.2) is 0 Å². The second kappa shape index (κ2) is 15.1. The largest absolute Gasteiger partial charge is 0.394 e. The van der Waals surface area contributed by atoms with Gasteiger partial charge in [-0.05, 0) is 0 Å². The van der Waals surface area contributed by atoms with Gasteiger partial charge in [-0.2, -0.15) is 0 Å². The summed E-state index contributed by atoms with van der Waals surface area (Å²) in [6, 6.07) is 0. The smallest absolute Gasteiger partial charge is 0.104 e. The molecule has 22 heavy (non-hydrogen) atoms. The minimum absolute atomic E-state index is 0.0164. The first-order chi connectivity index (χ1) is 10.7. The van der Waals surface area contributed by atoms with Gasteiger partial charge in [0.15, 0.2) is 0 Å². The van der Waals surface area contributed by atoms with E-state index in [4.69, 9.17) is 24.1 Å². The van der Waals surface area contributed by atoms with E-state index in [0.29, 0.717) is 13.2 Å². The summed E-state index contributed by atoms with van der Waals surface area (Å²) in [6.45, 7) is 7.73. The fourth-order valence-electron chi connectivity index (χ4n) is 1.42. The average Bonchev–Trinajstić information content (AvgIpc) is 2.53. The molecule has 0 heterocycles. The molecule has 3 N–H and O–H groups in total. The highest BCUT2D eigenvalue weighted by Gasteiger charge is 2.15. The second-order valence-electron chi connectivity index (χ2n) is 4.58. The topological polar surface area (TPSA) is 97.6 Å². The normalized spacial score (nSPS) is 15.2. The number of aliphatic hydroxyl groups excluding tert-OH is 3. The molecular formula is C15H28O7. The maximum atomic E-state index is 9.61. The van der Waals surface area contributed by atoms with Crippen LogP contribution < -0.4 is 0 Å². The summed E-state index contributed by atoms with van der Waals surface area (Å²) in [5, 5.41) is 28.0. The lowest BCUT2D eigenvalue weighted by atomic mass is 10.3. The Hall–Kier alpha value is -0.800. The van der Waals surface area contributed by atoms with E-state index in [1.54, 1.807) is 12.2 Å². The van der Waals surface area contributed by atoms with E-state index < -0.39 is 18.3 Å². The lowest BCUT2D eigenvalue weighted by molar-refractivity contribution is -0.109. The van der Waals surface area contributed by atoms with Crippen LogP contribution in [-0.2, 0) is 18.9 Å². The number of rotatable bonds is 16. The van der Waals surface area contributed by atoms with Crippen LogP contribution in [0.1, 0.15) is 0 Å². The number of aliphatic hydroxyl groups is 3. The van der Waals surface area contributed by atoms with E-state index in [2.05, 4.69) is 13.2 Å². The second-order valence-corrected chi connectivity index (χ2v) is 4.58. The van der Waals surface area contributed by atoms with Crippen molar-refractivity contribution in [2.24, 2.45) is 0 Å². The Balaban J connectivity index is 3.88. The number of hydrogen-bond acceptors (Lipinski definition) is 7. The summed E-state index contributed by atoms with van der Waals surface area (Å²) >= 11 is 0. The zero-order valence-corrected chi connectivity index (χ0v) is 12.9. The quantitative estimate of drug-likeness (QED) is 0.261. The zero-order chi connectivity index (χ0) is 16.6. The summed E-state index contributed by atoms with van der Waals surface area (Å²) in [7, 11) is 0. The predicted molar refractivity (Wildman–Crippen MR) is 81.7 cm³/mol. The maximum absolute atomic E-state index is 9.61. The third-order valence-corrected chi connectivity index (χ3v) is 2.53. The molecule has 0 amide bonds. The molecule has 0 aliphatic rings. The molecule has 3 unspecified atom stereocenters. The highest BCUT2D eigenvalue weighted by atomic mass is 16.6. The van der Waals surface area contributed by atoms with Gasteiger partial charge in [-0.3, -0.25) is 0 Å². The van der Waals surface area contributed by atoms with Gasteiger partial charge in [0.1, 0.15) is 18.3 Å². The monoisotopic (exact) mass is 320 g/mol. The van der Waals surface area contributed by atoms with Crippen molar-refractivity contribution in [2.75, 3.05) is 52.9 Å². The van der Waals surface area contributed by atoms with E-state index in [0.717, 1.165) is 0 Å². The van der Waals surface area contributed by atoms with E-state index in [1.165, 1.54) is 0 Å². The lowest BCUT2D eigenvalue weighted by Gasteiger charge is -2.21. The molecule has 0 aliphatic carbocycles. The predicted octanol–water partition coefficient (Wildman–Crippen LogP) is -0.492. The molecule has 0 aromatic rings. The Bertz CT molecular complexity index is 273. The van der Waals surface area contributed by atoms with Gasteiger partial charge >= 0.3 is 0 Å². The lowest BCUT2D eigenvalue weighted by Crippen LogP contribution is -2.34. The van der Waals surface area contributed by atoms with Crippen molar-refractivity contribution >= 4 is 0 Å². The van der Waals surface area contributed by atoms with Crippen LogP contribution in [-0.4, -0.2) is 86.5 Å². The molecule has 0 saturated carbocycles. The molecule has 0 radical (unpaired) electrons. The summed E-state index contributed by atoms with van der Waals surface area (Å²) in [4.78, 5) is 0. The molecule has 0 fully saturated rings. The Kier molecular flexibility index (Phi) is 14.6. The standard InChI is InChI=1S/C15H28O7/c1-3-5-19-9-13(18)10-21-15(8-17)12-22-14(7-16)11-20-6-4-2/h3-4,13-18H,1-2,5-12H2. The molecule has 0 aromatic heterocycles. The van der Waals surface area contributed by atoms with Gasteiger partial charge in [-0.1, -0.05) is 12.2 Å². The van der Waals surface area contributed by atoms with Crippen LogP contribution in [0.2, 0.25) is 0 Å². The molecule has 0 rings (SSSR count). The molecule has 0 spiro atoms. The van der Waals surface area contributed by atoms with E-state index in [1.807, 2.05) is 0 Å². The summed E-state index contributed by atoms with van der Waals surface area (Å²) in [6.07, 6.45) is 1.30. The molecular weight excluding hydrogens is 292 g/mol. The molecule has 3 atom stereocenters. The van der Waals surface area contributed by atoms with Crippen molar-refractivity contribution in [3.8, 4) is 0 Å².